The van der Waals surface area contributed by atoms with Gasteiger partial charge in [-0.1, -0.05) is 29.8 Å². The molecule has 2 aromatic rings. The summed E-state index contributed by atoms with van der Waals surface area (Å²) < 4.78 is 15.6. The molecule has 12 heteroatoms. The molecule has 198 valence electrons. The van der Waals surface area contributed by atoms with Gasteiger partial charge in [0.1, 0.15) is 18.4 Å². The SMILES string of the molecule is Cc1ccc([C@@H]2CCC[C@H](N(C)c3ncnc(OC(=O)CC(O)(CC(=O)OC=O)C(=O)O)c3C)O2)cc1. The van der Waals surface area contributed by atoms with Gasteiger partial charge < -0.3 is 29.3 Å². The number of carbonyl (C=O) groups is 4. The molecule has 1 aliphatic rings. The molecule has 1 saturated heterocycles. The molecule has 2 heterocycles. The lowest BCUT2D eigenvalue weighted by atomic mass is 9.96. The smallest absolute Gasteiger partial charge is 0.336 e. The zero-order valence-electron chi connectivity index (χ0n) is 20.7. The first-order chi connectivity index (χ1) is 17.5. The maximum atomic E-state index is 12.5. The number of aliphatic hydroxyl groups is 1. The number of hydrogen-bond acceptors (Lipinski definition) is 11. The number of esters is 2. The average molecular weight is 516 g/mol. The maximum absolute atomic E-state index is 12.5. The lowest BCUT2D eigenvalue weighted by Crippen LogP contribution is -2.44. The molecule has 2 N–H and O–H groups in total. The standard InChI is InChI=1S/C25H29N3O9/c1-15-7-9-17(10-8-15)18-5-4-6-19(36-18)28(3)22-16(2)23(27-13-26-22)37-21(31)12-25(34,24(32)33)11-20(30)35-14-29/h7-10,13-14,18-19,34H,4-6,11-12H2,1-3H3,(H,32,33)/t18-,19+,25?/m0/s1. The number of benzene rings is 1. The van der Waals surface area contributed by atoms with Crippen molar-refractivity contribution in [3.8, 4) is 5.88 Å². The fraction of sp³-hybridized carbons (Fsp3) is 0.440. The van der Waals surface area contributed by atoms with Crippen LogP contribution in [0.25, 0.3) is 0 Å². The minimum absolute atomic E-state index is 0.0826. The molecule has 0 bridgehead atoms. The molecular formula is C25H29N3O9. The lowest BCUT2D eigenvalue weighted by Gasteiger charge is -2.37. The molecule has 1 fully saturated rings. The lowest BCUT2D eigenvalue weighted by molar-refractivity contribution is -0.172. The van der Waals surface area contributed by atoms with Crippen molar-refractivity contribution in [2.75, 3.05) is 11.9 Å². The zero-order valence-corrected chi connectivity index (χ0v) is 20.7. The Hall–Kier alpha value is -3.90. The summed E-state index contributed by atoms with van der Waals surface area (Å²) in [4.78, 5) is 55.8. The summed E-state index contributed by atoms with van der Waals surface area (Å²) in [5, 5.41) is 19.6. The fourth-order valence-corrected chi connectivity index (χ4v) is 4.07. The molecular weight excluding hydrogens is 486 g/mol. The normalized spacial score (nSPS) is 18.8. The van der Waals surface area contributed by atoms with Crippen molar-refractivity contribution >= 4 is 30.2 Å². The Labute approximate surface area is 213 Å². The first kappa shape index (κ1) is 27.7. The van der Waals surface area contributed by atoms with Crippen molar-refractivity contribution < 1.29 is 43.6 Å². The van der Waals surface area contributed by atoms with E-state index in [1.54, 1.807) is 14.0 Å². The highest BCUT2D eigenvalue weighted by molar-refractivity contribution is 5.90. The van der Waals surface area contributed by atoms with Crippen LogP contribution >= 0.6 is 0 Å². The van der Waals surface area contributed by atoms with Crippen LogP contribution in [0, 0.1) is 13.8 Å². The van der Waals surface area contributed by atoms with Crippen molar-refractivity contribution in [3.05, 3.63) is 47.3 Å². The molecule has 0 radical (unpaired) electrons. The molecule has 1 aromatic heterocycles. The first-order valence-electron chi connectivity index (χ1n) is 11.6. The summed E-state index contributed by atoms with van der Waals surface area (Å²) in [6, 6.07) is 8.18. The van der Waals surface area contributed by atoms with E-state index in [1.165, 1.54) is 6.33 Å². The second-order valence-electron chi connectivity index (χ2n) is 8.91. The fourth-order valence-electron chi connectivity index (χ4n) is 4.07. The van der Waals surface area contributed by atoms with Crippen LogP contribution < -0.4 is 9.64 Å². The summed E-state index contributed by atoms with van der Waals surface area (Å²) in [7, 11) is 1.80. The average Bonchev–Trinajstić information content (AvgIpc) is 2.85. The quantitative estimate of drug-likeness (QED) is 0.269. The monoisotopic (exact) mass is 515 g/mol. The number of ether oxygens (including phenoxy) is 3. The van der Waals surface area contributed by atoms with Crippen LogP contribution in [0.1, 0.15) is 54.9 Å². The van der Waals surface area contributed by atoms with E-state index in [9.17, 15) is 29.4 Å². The number of hydrogen-bond donors (Lipinski definition) is 2. The molecule has 1 aromatic carbocycles. The summed E-state index contributed by atoms with van der Waals surface area (Å²) >= 11 is 0. The largest absolute Gasteiger partial charge is 0.479 e. The number of nitrogens with zero attached hydrogens (tertiary/aromatic N) is 3. The molecule has 12 nitrogen and oxygen atoms in total. The van der Waals surface area contributed by atoms with Crippen molar-refractivity contribution in [3.63, 3.8) is 0 Å². The van der Waals surface area contributed by atoms with Crippen LogP contribution in [0.3, 0.4) is 0 Å². The van der Waals surface area contributed by atoms with Gasteiger partial charge in [-0.2, -0.15) is 0 Å². The Bertz CT molecular complexity index is 1150. The topological polar surface area (TPSA) is 165 Å². The first-order valence-corrected chi connectivity index (χ1v) is 11.6. The minimum atomic E-state index is -2.83. The number of rotatable bonds is 10. The van der Waals surface area contributed by atoms with Crippen LogP contribution in [0.2, 0.25) is 0 Å². The van der Waals surface area contributed by atoms with E-state index in [0.717, 1.165) is 30.4 Å². The van der Waals surface area contributed by atoms with E-state index < -0.39 is 36.4 Å². The van der Waals surface area contributed by atoms with E-state index >= 15 is 0 Å². The third kappa shape index (κ3) is 6.86. The van der Waals surface area contributed by atoms with Gasteiger partial charge in [-0.05, 0) is 38.7 Å². The molecule has 37 heavy (non-hydrogen) atoms. The van der Waals surface area contributed by atoms with Crippen LogP contribution in [0.15, 0.2) is 30.6 Å². The second-order valence-corrected chi connectivity index (χ2v) is 8.91. The van der Waals surface area contributed by atoms with E-state index in [2.05, 4.69) is 14.7 Å². The van der Waals surface area contributed by atoms with Crippen LogP contribution in [-0.2, 0) is 28.7 Å². The predicted molar refractivity (Wildman–Crippen MR) is 127 cm³/mol. The van der Waals surface area contributed by atoms with Gasteiger partial charge in [0.2, 0.25) is 5.88 Å². The van der Waals surface area contributed by atoms with Crippen molar-refractivity contribution in [1.82, 2.24) is 9.97 Å². The number of anilines is 1. The van der Waals surface area contributed by atoms with Gasteiger partial charge in [-0.15, -0.1) is 0 Å². The Morgan fingerprint density at radius 2 is 1.81 bits per heavy atom. The van der Waals surface area contributed by atoms with Gasteiger partial charge in [0.25, 0.3) is 0 Å². The highest BCUT2D eigenvalue weighted by atomic mass is 16.6. The molecule has 0 saturated carbocycles. The number of aryl methyl sites for hydroxylation is 1. The molecule has 1 unspecified atom stereocenters. The Morgan fingerprint density at radius 1 is 1.14 bits per heavy atom. The molecule has 0 aliphatic carbocycles. The predicted octanol–water partition coefficient (Wildman–Crippen LogP) is 2.00. The van der Waals surface area contributed by atoms with Crippen molar-refractivity contribution in [2.45, 2.75) is 63.9 Å². The van der Waals surface area contributed by atoms with Gasteiger partial charge in [-0.3, -0.25) is 14.4 Å². The maximum Gasteiger partial charge on any atom is 0.336 e. The number of carboxylic acids is 1. The molecule has 1 aliphatic heterocycles. The Kier molecular flexibility index (Phi) is 8.90. The molecule has 3 atom stereocenters. The Morgan fingerprint density at radius 3 is 2.46 bits per heavy atom. The van der Waals surface area contributed by atoms with Gasteiger partial charge >= 0.3 is 24.4 Å². The highest BCUT2D eigenvalue weighted by Crippen LogP contribution is 2.35. The minimum Gasteiger partial charge on any atom is -0.479 e. The van der Waals surface area contributed by atoms with E-state index in [1.807, 2.05) is 36.1 Å². The third-order valence-electron chi connectivity index (χ3n) is 6.13. The van der Waals surface area contributed by atoms with Crippen molar-refractivity contribution in [1.29, 1.82) is 0 Å². The summed E-state index contributed by atoms with van der Waals surface area (Å²) in [6.45, 7) is 3.44. The van der Waals surface area contributed by atoms with Crippen LogP contribution in [0.4, 0.5) is 5.82 Å². The number of carbonyl (C=O) groups excluding carboxylic acids is 3. The van der Waals surface area contributed by atoms with Crippen molar-refractivity contribution in [2.24, 2.45) is 0 Å². The summed E-state index contributed by atoms with van der Waals surface area (Å²) in [5.74, 6) is -4.03. The molecule has 0 amide bonds. The zero-order chi connectivity index (χ0) is 27.2. The molecule has 0 spiro atoms. The van der Waals surface area contributed by atoms with Crippen LogP contribution in [-0.4, -0.2) is 63.4 Å². The highest BCUT2D eigenvalue weighted by Gasteiger charge is 2.42. The number of aromatic nitrogens is 2. The van der Waals surface area contributed by atoms with Gasteiger partial charge in [0.15, 0.2) is 5.60 Å². The Balaban J connectivity index is 1.72. The van der Waals surface area contributed by atoms with E-state index in [4.69, 9.17) is 9.47 Å². The summed E-state index contributed by atoms with van der Waals surface area (Å²) in [5.41, 5.74) is -0.201. The van der Waals surface area contributed by atoms with Gasteiger partial charge in [-0.25, -0.2) is 14.8 Å². The summed E-state index contributed by atoms with van der Waals surface area (Å²) in [6.07, 6.45) is 1.14. The molecule has 3 rings (SSSR count). The van der Waals surface area contributed by atoms with Gasteiger partial charge in [0.05, 0.1) is 24.5 Å². The second kappa shape index (κ2) is 11.9. The number of carboxylic acid groups (broad SMARTS) is 1. The number of aliphatic carboxylic acids is 1. The van der Waals surface area contributed by atoms with Gasteiger partial charge in [0, 0.05) is 7.05 Å². The van der Waals surface area contributed by atoms with E-state index in [0.29, 0.717) is 11.4 Å². The van der Waals surface area contributed by atoms with E-state index in [-0.39, 0.29) is 24.7 Å². The van der Waals surface area contributed by atoms with Crippen LogP contribution in [0.5, 0.6) is 5.88 Å². The third-order valence-corrected chi connectivity index (χ3v) is 6.13.